The normalized spacial score (nSPS) is 16.3. The van der Waals surface area contributed by atoms with E-state index in [1.165, 1.54) is 0 Å². The van der Waals surface area contributed by atoms with Crippen molar-refractivity contribution >= 4 is 34.9 Å². The maximum atomic E-state index is 12.6. The van der Waals surface area contributed by atoms with Crippen LogP contribution in [-0.4, -0.2) is 48.9 Å². The molecule has 1 fully saturated rings. The smallest absolute Gasteiger partial charge is 0.251 e. The molecule has 0 aromatic heterocycles. The van der Waals surface area contributed by atoms with E-state index < -0.39 is 0 Å². The zero-order valence-electron chi connectivity index (χ0n) is 19.8. The Morgan fingerprint density at radius 3 is 2.63 bits per heavy atom. The molecule has 2 aliphatic rings. The lowest BCUT2D eigenvalue weighted by Gasteiger charge is -2.31. The second-order valence-electron chi connectivity index (χ2n) is 8.85. The van der Waals surface area contributed by atoms with E-state index >= 15 is 0 Å². The number of ketones is 1. The predicted molar refractivity (Wildman–Crippen MR) is 138 cm³/mol. The number of piperidine rings is 1. The van der Waals surface area contributed by atoms with E-state index in [1.54, 1.807) is 30.3 Å². The first-order valence-corrected chi connectivity index (χ1v) is 12.4. The molecule has 2 aliphatic heterocycles. The molecule has 6 nitrogen and oxygen atoms in total. The molecule has 0 bridgehead atoms. The van der Waals surface area contributed by atoms with Crippen LogP contribution in [0.4, 0.5) is 0 Å². The summed E-state index contributed by atoms with van der Waals surface area (Å²) in [6.45, 7) is 6.66. The largest absolute Gasteiger partial charge is 0.489 e. The van der Waals surface area contributed by atoms with Crippen molar-refractivity contribution in [2.45, 2.75) is 32.7 Å². The van der Waals surface area contributed by atoms with Gasteiger partial charge in [-0.2, -0.15) is 0 Å². The average Bonchev–Trinajstić information content (AvgIpc) is 3.19. The van der Waals surface area contributed by atoms with Crippen LogP contribution in [0.2, 0.25) is 10.0 Å². The molecule has 1 saturated heterocycles. The van der Waals surface area contributed by atoms with Gasteiger partial charge in [-0.1, -0.05) is 41.4 Å². The number of hydrogen-bond donors (Lipinski definition) is 1. The van der Waals surface area contributed by atoms with Crippen molar-refractivity contribution in [2.75, 3.05) is 26.2 Å². The van der Waals surface area contributed by atoms with Gasteiger partial charge in [0, 0.05) is 31.2 Å². The summed E-state index contributed by atoms with van der Waals surface area (Å²) in [4.78, 5) is 27.4. The van der Waals surface area contributed by atoms with E-state index in [2.05, 4.69) is 16.3 Å². The number of amides is 1. The molecule has 4 rings (SSSR count). The van der Waals surface area contributed by atoms with Crippen LogP contribution in [0.15, 0.2) is 59.9 Å². The molecule has 2 aromatic carbocycles. The van der Waals surface area contributed by atoms with Crippen LogP contribution in [0.5, 0.6) is 11.5 Å². The molecular weight excluding hydrogens is 487 g/mol. The zero-order chi connectivity index (χ0) is 24.9. The Morgan fingerprint density at radius 2 is 1.91 bits per heavy atom. The molecule has 0 saturated carbocycles. The van der Waals surface area contributed by atoms with Crippen LogP contribution in [0.25, 0.3) is 0 Å². The molecular formula is C27H28Cl2N2O4. The van der Waals surface area contributed by atoms with Crippen molar-refractivity contribution in [3.05, 3.63) is 81.1 Å². The highest BCUT2D eigenvalue weighted by molar-refractivity contribution is 6.42. The van der Waals surface area contributed by atoms with Gasteiger partial charge >= 0.3 is 0 Å². The minimum Gasteiger partial charge on any atom is -0.489 e. The fourth-order valence-electron chi connectivity index (χ4n) is 4.13. The highest BCUT2D eigenvalue weighted by atomic mass is 35.5. The number of carbonyl (C=O) groups is 2. The lowest BCUT2D eigenvalue weighted by Crippen LogP contribution is -2.44. The van der Waals surface area contributed by atoms with Crippen LogP contribution in [0.1, 0.15) is 47.4 Å². The first-order chi connectivity index (χ1) is 16.8. The maximum Gasteiger partial charge on any atom is 0.251 e. The minimum absolute atomic E-state index is 0.131. The van der Waals surface area contributed by atoms with E-state index in [9.17, 15) is 9.59 Å². The fraction of sp³-hybridized carbons (Fsp3) is 0.333. The summed E-state index contributed by atoms with van der Waals surface area (Å²) in [5.74, 6) is 1.19. The number of rotatable bonds is 7. The Morgan fingerprint density at radius 1 is 1.14 bits per heavy atom. The van der Waals surface area contributed by atoms with Gasteiger partial charge in [0.15, 0.2) is 5.76 Å². The van der Waals surface area contributed by atoms with E-state index in [0.29, 0.717) is 45.0 Å². The Balaban J connectivity index is 1.20. The van der Waals surface area contributed by atoms with Crippen LogP contribution in [0.3, 0.4) is 0 Å². The molecule has 0 atom stereocenters. The van der Waals surface area contributed by atoms with Crippen LogP contribution in [0, 0.1) is 0 Å². The topological polar surface area (TPSA) is 67.9 Å². The highest BCUT2D eigenvalue weighted by Gasteiger charge is 2.31. The monoisotopic (exact) mass is 514 g/mol. The lowest BCUT2D eigenvalue weighted by molar-refractivity contribution is 0.0913. The van der Waals surface area contributed by atoms with Crippen LogP contribution >= 0.6 is 23.2 Å². The highest BCUT2D eigenvalue weighted by Crippen LogP contribution is 2.38. The van der Waals surface area contributed by atoms with Crippen LogP contribution in [-0.2, 0) is 0 Å². The van der Waals surface area contributed by atoms with E-state index in [4.69, 9.17) is 32.7 Å². The third-order valence-corrected chi connectivity index (χ3v) is 6.80. The first kappa shape index (κ1) is 25.3. The van der Waals surface area contributed by atoms with Gasteiger partial charge < -0.3 is 14.8 Å². The Kier molecular flexibility index (Phi) is 8.16. The molecule has 1 amide bonds. The fourth-order valence-corrected chi connectivity index (χ4v) is 4.43. The SMILES string of the molecule is CC(C)=C1Oc2cccc(OC/C=C\CN3CCC(NC(=O)c4ccc(Cl)c(Cl)c4)CC3)c2C1=O. The summed E-state index contributed by atoms with van der Waals surface area (Å²) >= 11 is 11.9. The average molecular weight is 515 g/mol. The van der Waals surface area contributed by atoms with Crippen molar-refractivity contribution in [1.29, 1.82) is 0 Å². The van der Waals surface area contributed by atoms with Crippen molar-refractivity contribution < 1.29 is 19.1 Å². The lowest BCUT2D eigenvalue weighted by atomic mass is 10.0. The molecule has 8 heteroatoms. The predicted octanol–water partition coefficient (Wildman–Crippen LogP) is 5.69. The standard InChI is InChI=1S/C27H28Cl2N2O4/c1-17(2)26-25(32)24-22(6-5-7-23(24)35-26)34-15-4-3-12-31-13-10-19(11-14-31)30-27(33)18-8-9-20(28)21(29)16-18/h3-9,16,19H,10-15H2,1-2H3,(H,30,33)/b4-3-. The number of nitrogens with one attached hydrogen (secondary N) is 1. The van der Waals surface area contributed by atoms with Gasteiger partial charge in [-0.3, -0.25) is 14.5 Å². The van der Waals surface area contributed by atoms with Crippen molar-refractivity contribution in [3.8, 4) is 11.5 Å². The number of hydrogen-bond acceptors (Lipinski definition) is 5. The van der Waals surface area contributed by atoms with Crippen molar-refractivity contribution in [1.82, 2.24) is 10.2 Å². The molecule has 2 heterocycles. The molecule has 2 aromatic rings. The number of ether oxygens (including phenoxy) is 2. The van der Waals surface area contributed by atoms with Gasteiger partial charge in [-0.25, -0.2) is 0 Å². The van der Waals surface area contributed by atoms with Gasteiger partial charge in [0.25, 0.3) is 5.91 Å². The number of fused-ring (bicyclic) bond motifs is 1. The molecule has 0 unspecified atom stereocenters. The summed E-state index contributed by atoms with van der Waals surface area (Å²) in [7, 11) is 0. The van der Waals surface area contributed by atoms with E-state index in [1.807, 2.05) is 26.0 Å². The second kappa shape index (κ2) is 11.3. The summed E-state index contributed by atoms with van der Waals surface area (Å²) < 4.78 is 11.5. The number of nitrogens with zero attached hydrogens (tertiary/aromatic N) is 1. The van der Waals surface area contributed by atoms with Crippen molar-refractivity contribution in [3.63, 3.8) is 0 Å². The number of Topliss-reactive ketones (excluding diaryl/α,β-unsaturated/α-hetero) is 1. The van der Waals surface area contributed by atoms with E-state index in [-0.39, 0.29) is 17.7 Å². The summed E-state index contributed by atoms with van der Waals surface area (Å²) in [6, 6.07) is 10.4. The Hall–Kier alpha value is -2.80. The third kappa shape index (κ3) is 6.07. The van der Waals surface area contributed by atoms with Gasteiger partial charge in [0.05, 0.1) is 10.0 Å². The van der Waals surface area contributed by atoms with Crippen LogP contribution < -0.4 is 14.8 Å². The zero-order valence-corrected chi connectivity index (χ0v) is 21.3. The third-order valence-electron chi connectivity index (χ3n) is 6.06. The number of carbonyl (C=O) groups excluding carboxylic acids is 2. The molecule has 0 spiro atoms. The minimum atomic E-state index is -0.132. The van der Waals surface area contributed by atoms with Gasteiger partial charge in [0.1, 0.15) is 23.7 Å². The summed E-state index contributed by atoms with van der Waals surface area (Å²) in [6.07, 6.45) is 5.78. The number of allylic oxidation sites excluding steroid dienone is 2. The summed E-state index contributed by atoms with van der Waals surface area (Å²) in [5.41, 5.74) is 1.84. The number of likely N-dealkylation sites (tertiary alicyclic amines) is 1. The van der Waals surface area contributed by atoms with Gasteiger partial charge in [0.2, 0.25) is 5.78 Å². The molecule has 0 aliphatic carbocycles. The first-order valence-electron chi connectivity index (χ1n) is 11.6. The quantitative estimate of drug-likeness (QED) is 0.379. The van der Waals surface area contributed by atoms with Gasteiger partial charge in [-0.15, -0.1) is 0 Å². The number of halogens is 2. The molecule has 1 N–H and O–H groups in total. The van der Waals surface area contributed by atoms with Gasteiger partial charge in [-0.05, 0) is 62.6 Å². The Bertz CT molecular complexity index is 1180. The molecule has 184 valence electrons. The van der Waals surface area contributed by atoms with Crippen molar-refractivity contribution in [2.24, 2.45) is 0 Å². The molecule has 35 heavy (non-hydrogen) atoms. The molecule has 0 radical (unpaired) electrons. The summed E-state index contributed by atoms with van der Waals surface area (Å²) in [5, 5.41) is 3.89. The maximum absolute atomic E-state index is 12.6. The number of benzene rings is 2. The second-order valence-corrected chi connectivity index (χ2v) is 9.66. The van der Waals surface area contributed by atoms with E-state index in [0.717, 1.165) is 38.0 Å². The Labute approximate surface area is 215 Å².